The Hall–Kier alpha value is -2.95. The summed E-state index contributed by atoms with van der Waals surface area (Å²) in [5.41, 5.74) is -2.24. The second-order valence-corrected chi connectivity index (χ2v) is 6.50. The lowest BCUT2D eigenvalue weighted by atomic mass is 10.2. The van der Waals surface area contributed by atoms with Crippen molar-refractivity contribution in [3.63, 3.8) is 0 Å². The Bertz CT molecular complexity index is 883. The Kier molecular flexibility index (Phi) is 6.16. The zero-order valence-corrected chi connectivity index (χ0v) is 14.5. The number of rotatable bonds is 6. The topological polar surface area (TPSA) is 95.7 Å². The van der Waals surface area contributed by atoms with Crippen LogP contribution in [-0.2, 0) is 21.8 Å². The van der Waals surface area contributed by atoms with Crippen molar-refractivity contribution >= 4 is 22.5 Å². The van der Waals surface area contributed by atoms with Gasteiger partial charge in [-0.15, -0.1) is 0 Å². The maximum atomic E-state index is 12.7. The average Bonchev–Trinajstić information content (AvgIpc) is 2.60. The zero-order chi connectivity index (χ0) is 20.2. The highest BCUT2D eigenvalue weighted by Crippen LogP contribution is 2.34. The molecule has 0 N–H and O–H groups in total. The van der Waals surface area contributed by atoms with Gasteiger partial charge < -0.3 is 9.47 Å². The van der Waals surface area contributed by atoms with Crippen molar-refractivity contribution in [2.45, 2.75) is 11.1 Å². The first-order chi connectivity index (χ1) is 12.6. The largest absolute Gasteiger partial charge is 0.497 e. The number of nitro benzene ring substituents is 1. The Labute approximate surface area is 153 Å². The molecule has 1 atom stereocenters. The first-order valence-electron chi connectivity index (χ1n) is 7.20. The van der Waals surface area contributed by atoms with E-state index in [0.29, 0.717) is 11.8 Å². The minimum absolute atomic E-state index is 0.125. The van der Waals surface area contributed by atoms with Crippen LogP contribution in [0.1, 0.15) is 5.56 Å². The third kappa shape index (κ3) is 5.26. The molecule has 11 heteroatoms. The van der Waals surface area contributed by atoms with Gasteiger partial charge in [0, 0.05) is 6.07 Å². The van der Waals surface area contributed by atoms with Crippen LogP contribution in [0.3, 0.4) is 0 Å². The van der Waals surface area contributed by atoms with E-state index in [4.69, 9.17) is 9.47 Å². The van der Waals surface area contributed by atoms with E-state index in [0.717, 1.165) is 6.07 Å². The SMILES string of the molecule is COc1ccc(OC(=O)CS(=O)c2ccc(C(F)(F)F)cc2[N+](=O)[O-])cc1. The lowest BCUT2D eigenvalue weighted by Gasteiger charge is -2.09. The van der Waals surface area contributed by atoms with Gasteiger partial charge in [0.05, 0.1) is 28.4 Å². The monoisotopic (exact) mass is 403 g/mol. The molecule has 7 nitrogen and oxygen atoms in total. The molecule has 0 amide bonds. The van der Waals surface area contributed by atoms with Gasteiger partial charge in [0.15, 0.2) is 0 Å². The highest BCUT2D eigenvalue weighted by atomic mass is 32.2. The highest BCUT2D eigenvalue weighted by Gasteiger charge is 2.34. The molecule has 0 radical (unpaired) electrons. The fourth-order valence-electron chi connectivity index (χ4n) is 2.02. The fourth-order valence-corrected chi connectivity index (χ4v) is 3.03. The van der Waals surface area contributed by atoms with Crippen molar-refractivity contribution in [3.05, 3.63) is 58.1 Å². The van der Waals surface area contributed by atoms with Crippen LogP contribution in [0.25, 0.3) is 0 Å². The summed E-state index contributed by atoms with van der Waals surface area (Å²) in [5, 5.41) is 11.0. The number of nitro groups is 1. The number of hydrogen-bond acceptors (Lipinski definition) is 6. The van der Waals surface area contributed by atoms with E-state index >= 15 is 0 Å². The molecule has 0 aliphatic rings. The van der Waals surface area contributed by atoms with E-state index < -0.39 is 49.8 Å². The highest BCUT2D eigenvalue weighted by molar-refractivity contribution is 7.85. The lowest BCUT2D eigenvalue weighted by molar-refractivity contribution is -0.388. The van der Waals surface area contributed by atoms with E-state index in [1.54, 1.807) is 0 Å². The number of ether oxygens (including phenoxy) is 2. The Morgan fingerprint density at radius 3 is 2.26 bits per heavy atom. The summed E-state index contributed by atoms with van der Waals surface area (Å²) in [4.78, 5) is 21.3. The fraction of sp³-hybridized carbons (Fsp3) is 0.188. The number of carbonyl (C=O) groups excluding carboxylic acids is 1. The van der Waals surface area contributed by atoms with Gasteiger partial charge in [-0.25, -0.2) is 0 Å². The summed E-state index contributed by atoms with van der Waals surface area (Å²) in [6.07, 6.45) is -4.79. The molecule has 27 heavy (non-hydrogen) atoms. The Morgan fingerprint density at radius 1 is 1.15 bits per heavy atom. The van der Waals surface area contributed by atoms with Gasteiger partial charge in [0.25, 0.3) is 5.69 Å². The molecular formula is C16H12F3NO6S. The molecule has 0 spiro atoms. The molecule has 0 heterocycles. The average molecular weight is 403 g/mol. The number of carbonyl (C=O) groups is 1. The number of methoxy groups -OCH3 is 1. The standard InChI is InChI=1S/C16H12F3NO6S/c1-25-11-3-5-12(6-4-11)26-15(21)9-27(24)14-7-2-10(16(17,18)19)8-13(14)20(22)23/h2-8H,9H2,1H3. The molecule has 0 saturated carbocycles. The molecule has 2 aromatic carbocycles. The summed E-state index contributed by atoms with van der Waals surface area (Å²) in [6.45, 7) is 0. The van der Waals surface area contributed by atoms with Crippen molar-refractivity contribution in [1.82, 2.24) is 0 Å². The molecule has 2 aromatic rings. The van der Waals surface area contributed by atoms with Gasteiger partial charge in [0.1, 0.15) is 22.1 Å². The van der Waals surface area contributed by atoms with Crippen molar-refractivity contribution in [1.29, 1.82) is 0 Å². The van der Waals surface area contributed by atoms with Gasteiger partial charge >= 0.3 is 12.1 Å². The predicted molar refractivity (Wildman–Crippen MR) is 88.0 cm³/mol. The van der Waals surface area contributed by atoms with E-state index in [-0.39, 0.29) is 11.8 Å². The Morgan fingerprint density at radius 2 is 1.74 bits per heavy atom. The van der Waals surface area contributed by atoms with E-state index in [1.165, 1.54) is 31.4 Å². The maximum Gasteiger partial charge on any atom is 0.416 e. The third-order valence-electron chi connectivity index (χ3n) is 3.27. The van der Waals surface area contributed by atoms with Gasteiger partial charge in [-0.2, -0.15) is 13.2 Å². The van der Waals surface area contributed by atoms with Crippen molar-refractivity contribution in [2.75, 3.05) is 12.9 Å². The minimum Gasteiger partial charge on any atom is -0.497 e. The second kappa shape index (κ2) is 8.16. The van der Waals surface area contributed by atoms with Crippen molar-refractivity contribution in [2.24, 2.45) is 0 Å². The second-order valence-electron chi connectivity index (χ2n) is 5.08. The number of benzene rings is 2. The normalized spacial score (nSPS) is 12.3. The van der Waals surface area contributed by atoms with Gasteiger partial charge in [-0.1, -0.05) is 0 Å². The number of halogens is 3. The molecule has 0 fully saturated rings. The van der Waals surface area contributed by atoms with Crippen LogP contribution >= 0.6 is 0 Å². The Balaban J connectivity index is 2.16. The van der Waals surface area contributed by atoms with E-state index in [1.807, 2.05) is 0 Å². The number of hydrogen-bond donors (Lipinski definition) is 0. The third-order valence-corrected chi connectivity index (χ3v) is 4.60. The molecule has 0 saturated heterocycles. The summed E-state index contributed by atoms with van der Waals surface area (Å²) < 4.78 is 60.2. The molecule has 144 valence electrons. The van der Waals surface area contributed by atoms with Gasteiger partial charge in [0.2, 0.25) is 0 Å². The van der Waals surface area contributed by atoms with E-state index in [9.17, 15) is 32.3 Å². The van der Waals surface area contributed by atoms with Crippen LogP contribution < -0.4 is 9.47 Å². The quantitative estimate of drug-likeness (QED) is 0.318. The van der Waals surface area contributed by atoms with Crippen LogP contribution in [-0.4, -0.2) is 28.0 Å². The molecule has 0 aliphatic heterocycles. The molecule has 0 aliphatic carbocycles. The van der Waals surface area contributed by atoms with Crippen LogP contribution in [0.15, 0.2) is 47.4 Å². The summed E-state index contributed by atoms with van der Waals surface area (Å²) in [7, 11) is -0.823. The molecule has 0 bridgehead atoms. The maximum absolute atomic E-state index is 12.7. The van der Waals surface area contributed by atoms with Gasteiger partial charge in [-0.05, 0) is 36.4 Å². The first kappa shape index (κ1) is 20.4. The molecular weight excluding hydrogens is 391 g/mol. The van der Waals surface area contributed by atoms with Crippen LogP contribution in [0, 0.1) is 10.1 Å². The molecule has 2 rings (SSSR count). The number of nitrogens with zero attached hydrogens (tertiary/aromatic N) is 1. The first-order valence-corrected chi connectivity index (χ1v) is 8.52. The minimum atomic E-state index is -4.79. The summed E-state index contributed by atoms with van der Waals surface area (Å²) >= 11 is 0. The number of alkyl halides is 3. The summed E-state index contributed by atoms with van der Waals surface area (Å²) in [6, 6.07) is 7.43. The van der Waals surface area contributed by atoms with Crippen LogP contribution in [0.4, 0.5) is 18.9 Å². The summed E-state index contributed by atoms with van der Waals surface area (Å²) in [5.74, 6) is -1.09. The van der Waals surface area contributed by atoms with Gasteiger partial charge in [-0.3, -0.25) is 19.1 Å². The van der Waals surface area contributed by atoms with E-state index in [2.05, 4.69) is 0 Å². The zero-order valence-electron chi connectivity index (χ0n) is 13.7. The molecule has 1 unspecified atom stereocenters. The van der Waals surface area contributed by atoms with Crippen molar-refractivity contribution in [3.8, 4) is 11.5 Å². The smallest absolute Gasteiger partial charge is 0.416 e. The van der Waals surface area contributed by atoms with Crippen LogP contribution in [0.2, 0.25) is 0 Å². The molecule has 0 aromatic heterocycles. The van der Waals surface area contributed by atoms with Crippen molar-refractivity contribution < 1.29 is 36.6 Å². The number of esters is 1. The lowest BCUT2D eigenvalue weighted by Crippen LogP contribution is -2.18. The van der Waals surface area contributed by atoms with Crippen LogP contribution in [0.5, 0.6) is 11.5 Å². The predicted octanol–water partition coefficient (Wildman–Crippen LogP) is 3.34.